The quantitative estimate of drug-likeness (QED) is 0.289. The molecule has 0 radical (unpaired) electrons. The zero-order valence-corrected chi connectivity index (χ0v) is 34.0. The SMILES string of the molecule is COc1ccc2c3c1OC1C4(OC)C=CC5(CC4C(C)(O)CCc4ccc(OCC(C)OC)cc4)C(C2)N(C)CCC315.[Br-].[Hg+2]. The van der Waals surface area contributed by atoms with Gasteiger partial charge in [-0.2, -0.15) is 0 Å². The summed E-state index contributed by atoms with van der Waals surface area (Å²) in [4.78, 5) is 2.55. The van der Waals surface area contributed by atoms with Crippen molar-refractivity contribution in [3.8, 4) is 17.2 Å². The number of rotatable bonds is 10. The maximum Gasteiger partial charge on any atom is 2.00 e. The minimum atomic E-state index is -0.978. The molecule has 8 rings (SSSR count). The number of piperidine rings is 1. The number of benzene rings is 2. The predicted octanol–water partition coefficient (Wildman–Crippen LogP) is 1.71. The molecule has 1 saturated heterocycles. The van der Waals surface area contributed by atoms with Crippen LogP contribution in [0.15, 0.2) is 48.6 Å². The normalized spacial score (nSPS) is 34.1. The average molecular weight is 856 g/mol. The third-order valence-electron chi connectivity index (χ3n) is 11.8. The molecule has 2 aromatic carbocycles. The zero-order chi connectivity index (χ0) is 29.5. The van der Waals surface area contributed by atoms with E-state index in [1.165, 1.54) is 16.7 Å². The molecule has 1 saturated carbocycles. The summed E-state index contributed by atoms with van der Waals surface area (Å²) in [5.41, 5.74) is 1.80. The van der Waals surface area contributed by atoms with E-state index in [1.807, 2.05) is 26.0 Å². The topological polar surface area (TPSA) is 69.6 Å². The number of ether oxygens (including phenoxy) is 5. The van der Waals surface area contributed by atoms with Gasteiger partial charge in [0.25, 0.3) is 0 Å². The number of aliphatic hydroxyl groups is 1. The number of likely N-dealkylation sites (N-methyl/N-ethyl adjacent to an activating group) is 1. The Bertz CT molecular complexity index is 1400. The van der Waals surface area contributed by atoms with E-state index in [2.05, 4.69) is 48.4 Å². The van der Waals surface area contributed by atoms with Crippen LogP contribution < -0.4 is 31.2 Å². The molecule has 2 aromatic rings. The summed E-state index contributed by atoms with van der Waals surface area (Å²) < 4.78 is 30.6. The molecule has 44 heavy (non-hydrogen) atoms. The van der Waals surface area contributed by atoms with Crippen molar-refractivity contribution in [2.75, 3.05) is 41.5 Å². The Morgan fingerprint density at radius 1 is 1.11 bits per heavy atom. The summed E-state index contributed by atoms with van der Waals surface area (Å²) in [6.45, 7) is 5.53. The van der Waals surface area contributed by atoms with Crippen molar-refractivity contribution >= 4 is 0 Å². The van der Waals surface area contributed by atoms with Crippen molar-refractivity contribution in [1.29, 1.82) is 0 Å². The van der Waals surface area contributed by atoms with Gasteiger partial charge in [0, 0.05) is 37.2 Å². The minimum absolute atomic E-state index is 0. The van der Waals surface area contributed by atoms with E-state index in [4.69, 9.17) is 23.7 Å². The average Bonchev–Trinajstić information content (AvgIpc) is 3.38. The molecular weight excluding hydrogens is 811 g/mol. The molecule has 234 valence electrons. The summed E-state index contributed by atoms with van der Waals surface area (Å²) in [5.74, 6) is 2.38. The number of aryl methyl sites for hydroxylation is 1. The van der Waals surface area contributed by atoms with Gasteiger partial charge < -0.3 is 50.7 Å². The van der Waals surface area contributed by atoms with Crippen LogP contribution in [0.3, 0.4) is 0 Å². The monoisotopic (exact) mass is 856 g/mol. The number of fused-ring (bicyclic) bond motifs is 1. The van der Waals surface area contributed by atoms with Gasteiger partial charge >= 0.3 is 27.7 Å². The molecule has 8 atom stereocenters. The van der Waals surface area contributed by atoms with E-state index in [9.17, 15) is 5.11 Å². The first-order chi connectivity index (χ1) is 20.2. The van der Waals surface area contributed by atoms with Gasteiger partial charge in [0.1, 0.15) is 24.1 Å². The van der Waals surface area contributed by atoms with Crippen LogP contribution in [-0.2, 0) is 55.4 Å². The second-order valence-corrected chi connectivity index (χ2v) is 13.6. The Kier molecular flexibility index (Phi) is 9.42. The van der Waals surface area contributed by atoms with Gasteiger partial charge in [0.05, 0.1) is 24.2 Å². The van der Waals surface area contributed by atoms with Crippen molar-refractivity contribution in [3.05, 3.63) is 65.2 Å². The third kappa shape index (κ3) is 4.59. The van der Waals surface area contributed by atoms with Crippen LogP contribution in [-0.4, -0.2) is 81.0 Å². The smallest absolute Gasteiger partial charge is 1.00 e. The van der Waals surface area contributed by atoms with Crippen molar-refractivity contribution in [2.45, 2.75) is 80.8 Å². The van der Waals surface area contributed by atoms with E-state index in [0.29, 0.717) is 19.1 Å². The summed E-state index contributed by atoms with van der Waals surface area (Å²) in [6.07, 6.45) is 8.75. The van der Waals surface area contributed by atoms with Crippen LogP contribution in [0, 0.1) is 11.3 Å². The molecular formula is C35H45BrHgNO6+. The maximum atomic E-state index is 12.4. The molecule has 2 aliphatic heterocycles. The van der Waals surface area contributed by atoms with Crippen molar-refractivity contribution in [1.82, 2.24) is 4.90 Å². The summed E-state index contributed by atoms with van der Waals surface area (Å²) in [5, 5.41) is 12.4. The second-order valence-electron chi connectivity index (χ2n) is 13.6. The van der Waals surface area contributed by atoms with E-state index < -0.39 is 11.2 Å². The molecule has 0 aromatic heterocycles. The van der Waals surface area contributed by atoms with Gasteiger partial charge in [-0.3, -0.25) is 0 Å². The van der Waals surface area contributed by atoms with Crippen LogP contribution in [0.4, 0.5) is 0 Å². The van der Waals surface area contributed by atoms with Gasteiger partial charge in [-0.15, -0.1) is 0 Å². The van der Waals surface area contributed by atoms with E-state index in [0.717, 1.165) is 49.5 Å². The van der Waals surface area contributed by atoms with Crippen LogP contribution in [0.5, 0.6) is 17.2 Å². The van der Waals surface area contributed by atoms with Gasteiger partial charge in [0.2, 0.25) is 0 Å². The standard InChI is InChI=1S/C35H45NO6.BrH.Hg/c1-22(38-4)21-41-25-10-7-23(8-11-25)13-14-32(2,37)27-20-33-15-16-35(27,40-6)31-34(33)17-18-36(3)28(33)19-24-9-12-26(39-5)30(42-31)29(24)34;;/h7-12,15-16,22,27-28,31,37H,13-14,17-21H2,1-6H3;1H;/q;;+2/p-1. The van der Waals surface area contributed by atoms with E-state index in [-0.39, 0.29) is 73.6 Å². The van der Waals surface area contributed by atoms with Crippen LogP contribution in [0.25, 0.3) is 0 Å². The molecule has 4 bridgehead atoms. The molecule has 7 nitrogen and oxygen atoms in total. The summed E-state index contributed by atoms with van der Waals surface area (Å²) >= 11 is 0. The third-order valence-corrected chi connectivity index (χ3v) is 11.8. The first kappa shape index (κ1) is 34.2. The summed E-state index contributed by atoms with van der Waals surface area (Å²) in [6, 6.07) is 12.9. The molecule has 8 unspecified atom stereocenters. The zero-order valence-electron chi connectivity index (χ0n) is 26.9. The fraction of sp³-hybridized carbons (Fsp3) is 0.600. The Labute approximate surface area is 292 Å². The van der Waals surface area contributed by atoms with Gasteiger partial charge in [0.15, 0.2) is 11.5 Å². The molecule has 4 aliphatic carbocycles. The number of nitrogens with zero attached hydrogens (tertiary/aromatic N) is 1. The predicted molar refractivity (Wildman–Crippen MR) is 161 cm³/mol. The van der Waals surface area contributed by atoms with Crippen LogP contribution in [0.1, 0.15) is 49.8 Å². The number of likely N-dealkylation sites (tertiary alicyclic amines) is 1. The Hall–Kier alpha value is -1.16. The Balaban J connectivity index is 0.00000192. The van der Waals surface area contributed by atoms with Gasteiger partial charge in [-0.1, -0.05) is 30.4 Å². The molecule has 6 aliphatic rings. The first-order valence-electron chi connectivity index (χ1n) is 15.5. The fourth-order valence-electron chi connectivity index (χ4n) is 9.52. The largest absolute Gasteiger partial charge is 2.00 e. The molecule has 2 fully saturated rings. The molecule has 0 amide bonds. The van der Waals surface area contributed by atoms with Crippen LogP contribution >= 0.6 is 0 Å². The number of hydrogen-bond donors (Lipinski definition) is 1. The van der Waals surface area contributed by atoms with Crippen LogP contribution in [0.2, 0.25) is 0 Å². The minimum Gasteiger partial charge on any atom is -1.00 e. The summed E-state index contributed by atoms with van der Waals surface area (Å²) in [7, 11) is 7.48. The van der Waals surface area contributed by atoms with Crippen molar-refractivity contribution < 1.29 is 73.4 Å². The van der Waals surface area contributed by atoms with Crippen molar-refractivity contribution in [2.24, 2.45) is 11.3 Å². The Morgan fingerprint density at radius 2 is 1.86 bits per heavy atom. The van der Waals surface area contributed by atoms with E-state index >= 15 is 0 Å². The molecule has 1 N–H and O–H groups in total. The number of halogens is 1. The van der Waals surface area contributed by atoms with Gasteiger partial charge in [-0.25, -0.2) is 0 Å². The molecule has 2 spiro atoms. The van der Waals surface area contributed by atoms with Gasteiger partial charge in [-0.05, 0) is 88.9 Å². The number of methoxy groups -OCH3 is 3. The first-order valence-corrected chi connectivity index (χ1v) is 15.5. The number of hydrogen-bond acceptors (Lipinski definition) is 7. The van der Waals surface area contributed by atoms with Crippen molar-refractivity contribution in [3.63, 3.8) is 0 Å². The van der Waals surface area contributed by atoms with E-state index in [1.54, 1.807) is 21.3 Å². The molecule has 9 heteroatoms. The molecule has 2 heterocycles. The Morgan fingerprint density at radius 3 is 2.55 bits per heavy atom. The fourth-order valence-corrected chi connectivity index (χ4v) is 9.52. The maximum absolute atomic E-state index is 12.4. The second kappa shape index (κ2) is 12.1.